The van der Waals surface area contributed by atoms with Crippen LogP contribution < -0.4 is 10.6 Å². The fraction of sp³-hybridized carbons (Fsp3) is 0.579. The molecule has 130 valence electrons. The molecule has 0 bridgehead atoms. The average Bonchev–Trinajstić information content (AvgIpc) is 3.41. The zero-order valence-electron chi connectivity index (χ0n) is 14.2. The third-order valence-corrected chi connectivity index (χ3v) is 4.72. The molecule has 0 saturated heterocycles. The van der Waals surface area contributed by atoms with Crippen molar-refractivity contribution in [2.24, 2.45) is 0 Å². The SMILES string of the molecule is CCO[C@@H]1CCCC[C@H]1NC(=O)c1ccc(C(=O)NC2CC2)cc1. The minimum absolute atomic E-state index is 0.0619. The van der Waals surface area contributed by atoms with Crippen molar-refractivity contribution >= 4 is 11.8 Å². The summed E-state index contributed by atoms with van der Waals surface area (Å²) in [5, 5.41) is 6.04. The molecular formula is C19H26N2O3. The third kappa shape index (κ3) is 4.35. The first-order chi connectivity index (χ1) is 11.7. The Hall–Kier alpha value is -1.88. The molecule has 2 atom stereocenters. The van der Waals surface area contributed by atoms with Crippen LogP contribution in [0.4, 0.5) is 0 Å². The van der Waals surface area contributed by atoms with Gasteiger partial charge in [-0.3, -0.25) is 9.59 Å². The molecule has 2 fully saturated rings. The predicted octanol–water partition coefficient (Wildman–Crippen LogP) is 2.66. The molecule has 0 heterocycles. The van der Waals surface area contributed by atoms with Crippen LogP contribution in [0.15, 0.2) is 24.3 Å². The van der Waals surface area contributed by atoms with Crippen molar-refractivity contribution in [3.63, 3.8) is 0 Å². The highest BCUT2D eigenvalue weighted by Crippen LogP contribution is 2.22. The van der Waals surface area contributed by atoms with E-state index in [4.69, 9.17) is 4.74 Å². The van der Waals surface area contributed by atoms with Crippen LogP contribution in [-0.2, 0) is 4.74 Å². The van der Waals surface area contributed by atoms with E-state index in [1.165, 1.54) is 0 Å². The molecule has 0 unspecified atom stereocenters. The van der Waals surface area contributed by atoms with Crippen LogP contribution in [-0.4, -0.2) is 36.6 Å². The maximum absolute atomic E-state index is 12.5. The maximum atomic E-state index is 12.5. The molecule has 2 saturated carbocycles. The summed E-state index contributed by atoms with van der Waals surface area (Å²) in [5.74, 6) is -0.158. The molecule has 0 aliphatic heterocycles. The van der Waals surface area contributed by atoms with Gasteiger partial charge in [-0.15, -0.1) is 0 Å². The van der Waals surface area contributed by atoms with E-state index in [0.29, 0.717) is 23.8 Å². The summed E-state index contributed by atoms with van der Waals surface area (Å²) in [6.45, 7) is 2.65. The Morgan fingerprint density at radius 3 is 2.12 bits per heavy atom. The highest BCUT2D eigenvalue weighted by atomic mass is 16.5. The lowest BCUT2D eigenvalue weighted by Gasteiger charge is -2.31. The lowest BCUT2D eigenvalue weighted by atomic mass is 9.92. The van der Waals surface area contributed by atoms with E-state index in [-0.39, 0.29) is 24.0 Å². The van der Waals surface area contributed by atoms with Gasteiger partial charge in [-0.1, -0.05) is 12.8 Å². The van der Waals surface area contributed by atoms with Gasteiger partial charge < -0.3 is 15.4 Å². The normalized spacial score (nSPS) is 23.5. The van der Waals surface area contributed by atoms with E-state index in [0.717, 1.165) is 38.5 Å². The number of ether oxygens (including phenoxy) is 1. The molecule has 2 aliphatic rings. The molecular weight excluding hydrogens is 304 g/mol. The van der Waals surface area contributed by atoms with Gasteiger partial charge in [-0.05, 0) is 56.9 Å². The van der Waals surface area contributed by atoms with E-state index in [1.54, 1.807) is 24.3 Å². The van der Waals surface area contributed by atoms with Crippen LogP contribution >= 0.6 is 0 Å². The summed E-state index contributed by atoms with van der Waals surface area (Å²) < 4.78 is 5.76. The lowest BCUT2D eigenvalue weighted by molar-refractivity contribution is 0.0124. The monoisotopic (exact) mass is 330 g/mol. The van der Waals surface area contributed by atoms with E-state index in [2.05, 4.69) is 10.6 Å². The predicted molar refractivity (Wildman–Crippen MR) is 92.1 cm³/mol. The molecule has 2 amide bonds. The number of nitrogens with one attached hydrogen (secondary N) is 2. The quantitative estimate of drug-likeness (QED) is 0.842. The van der Waals surface area contributed by atoms with E-state index in [1.807, 2.05) is 6.92 Å². The van der Waals surface area contributed by atoms with Crippen molar-refractivity contribution in [3.05, 3.63) is 35.4 Å². The summed E-state index contributed by atoms with van der Waals surface area (Å²) in [7, 11) is 0. The zero-order chi connectivity index (χ0) is 16.9. The summed E-state index contributed by atoms with van der Waals surface area (Å²) in [4.78, 5) is 24.4. The highest BCUT2D eigenvalue weighted by molar-refractivity contribution is 5.98. The Labute approximate surface area is 143 Å². The Kier molecular flexibility index (Phi) is 5.51. The first-order valence-electron chi connectivity index (χ1n) is 9.00. The highest BCUT2D eigenvalue weighted by Gasteiger charge is 2.27. The smallest absolute Gasteiger partial charge is 0.251 e. The van der Waals surface area contributed by atoms with E-state index in [9.17, 15) is 9.59 Å². The van der Waals surface area contributed by atoms with Crippen molar-refractivity contribution in [2.45, 2.75) is 63.6 Å². The Morgan fingerprint density at radius 2 is 1.54 bits per heavy atom. The Morgan fingerprint density at radius 1 is 0.958 bits per heavy atom. The van der Waals surface area contributed by atoms with Crippen molar-refractivity contribution in [1.29, 1.82) is 0 Å². The first-order valence-corrected chi connectivity index (χ1v) is 9.00. The van der Waals surface area contributed by atoms with Crippen LogP contribution in [0.2, 0.25) is 0 Å². The molecule has 5 nitrogen and oxygen atoms in total. The summed E-state index contributed by atoms with van der Waals surface area (Å²) in [6, 6.07) is 7.28. The minimum Gasteiger partial charge on any atom is -0.376 e. The van der Waals surface area contributed by atoms with Gasteiger partial charge >= 0.3 is 0 Å². The van der Waals surface area contributed by atoms with Crippen molar-refractivity contribution in [1.82, 2.24) is 10.6 Å². The fourth-order valence-electron chi connectivity index (χ4n) is 3.20. The van der Waals surface area contributed by atoms with Crippen LogP contribution in [0.25, 0.3) is 0 Å². The molecule has 5 heteroatoms. The molecule has 24 heavy (non-hydrogen) atoms. The topological polar surface area (TPSA) is 67.4 Å². The second-order valence-corrected chi connectivity index (χ2v) is 6.68. The zero-order valence-corrected chi connectivity index (χ0v) is 14.2. The molecule has 2 aliphatic carbocycles. The van der Waals surface area contributed by atoms with Crippen molar-refractivity contribution < 1.29 is 14.3 Å². The fourth-order valence-corrected chi connectivity index (χ4v) is 3.20. The Bertz CT molecular complexity index is 579. The van der Waals surface area contributed by atoms with Gasteiger partial charge in [0.1, 0.15) is 0 Å². The molecule has 0 radical (unpaired) electrons. The average molecular weight is 330 g/mol. The number of carbonyl (C=O) groups excluding carboxylic acids is 2. The van der Waals surface area contributed by atoms with Crippen molar-refractivity contribution in [2.75, 3.05) is 6.61 Å². The molecule has 0 aromatic heterocycles. The van der Waals surface area contributed by atoms with Gasteiger partial charge in [-0.2, -0.15) is 0 Å². The molecule has 2 N–H and O–H groups in total. The molecule has 1 aromatic rings. The van der Waals surface area contributed by atoms with Gasteiger partial charge in [0.25, 0.3) is 11.8 Å². The largest absolute Gasteiger partial charge is 0.376 e. The second kappa shape index (κ2) is 7.79. The molecule has 0 spiro atoms. The number of benzene rings is 1. The van der Waals surface area contributed by atoms with Gasteiger partial charge in [0.05, 0.1) is 12.1 Å². The maximum Gasteiger partial charge on any atom is 0.251 e. The first kappa shape index (κ1) is 17.0. The lowest BCUT2D eigenvalue weighted by Crippen LogP contribution is -2.46. The molecule has 1 aromatic carbocycles. The minimum atomic E-state index is -0.0965. The standard InChI is InChI=1S/C19H26N2O3/c1-2-24-17-6-4-3-5-16(17)21-19(23)14-9-7-13(8-10-14)18(22)20-15-11-12-15/h7-10,15-17H,2-6,11-12H2,1H3,(H,20,22)(H,21,23)/t16-,17-/m1/s1. The van der Waals surface area contributed by atoms with E-state index >= 15 is 0 Å². The van der Waals surface area contributed by atoms with Crippen molar-refractivity contribution in [3.8, 4) is 0 Å². The molecule has 3 rings (SSSR count). The number of amides is 2. The number of hydrogen-bond donors (Lipinski definition) is 2. The summed E-state index contributed by atoms with van der Waals surface area (Å²) >= 11 is 0. The van der Waals surface area contributed by atoms with Gasteiger partial charge in [0.15, 0.2) is 0 Å². The van der Waals surface area contributed by atoms with Crippen LogP contribution in [0, 0.1) is 0 Å². The van der Waals surface area contributed by atoms with Gasteiger partial charge in [0.2, 0.25) is 0 Å². The third-order valence-electron chi connectivity index (χ3n) is 4.72. The number of hydrogen-bond acceptors (Lipinski definition) is 3. The summed E-state index contributed by atoms with van der Waals surface area (Å²) in [6.07, 6.45) is 6.47. The number of carbonyl (C=O) groups is 2. The van der Waals surface area contributed by atoms with Gasteiger partial charge in [-0.25, -0.2) is 0 Å². The van der Waals surface area contributed by atoms with Crippen LogP contribution in [0.3, 0.4) is 0 Å². The second-order valence-electron chi connectivity index (χ2n) is 6.68. The van der Waals surface area contributed by atoms with Crippen LogP contribution in [0.1, 0.15) is 66.2 Å². The van der Waals surface area contributed by atoms with Gasteiger partial charge in [0, 0.05) is 23.8 Å². The van der Waals surface area contributed by atoms with E-state index < -0.39 is 0 Å². The van der Waals surface area contributed by atoms with Crippen LogP contribution in [0.5, 0.6) is 0 Å². The Balaban J connectivity index is 1.58. The summed E-state index contributed by atoms with van der Waals surface area (Å²) in [5.41, 5.74) is 1.18. The number of rotatable bonds is 6.